The number of anilines is 1. The number of aromatic nitrogens is 2. The lowest BCUT2D eigenvalue weighted by Crippen LogP contribution is -2.12. The molecule has 4 nitrogen and oxygen atoms in total. The smallest absolute Gasteiger partial charge is 0.143 e. The molecule has 5 heteroatoms. The van der Waals surface area contributed by atoms with Crippen LogP contribution >= 0.6 is 0 Å². The lowest BCUT2D eigenvalue weighted by Gasteiger charge is -2.11. The zero-order valence-electron chi connectivity index (χ0n) is 12.2. The molecule has 0 atom stereocenters. The zero-order chi connectivity index (χ0) is 15.5. The van der Waals surface area contributed by atoms with E-state index in [2.05, 4.69) is 14.9 Å². The number of para-hydroxylation sites is 2. The molecule has 1 heterocycles. The summed E-state index contributed by atoms with van der Waals surface area (Å²) in [7, 11) is 0. The molecule has 3 aromatic rings. The Labute approximate surface area is 127 Å². The van der Waals surface area contributed by atoms with Gasteiger partial charge < -0.3 is 9.88 Å². The molecule has 3 rings (SSSR count). The van der Waals surface area contributed by atoms with Crippen LogP contribution in [0.25, 0.3) is 11.0 Å². The molecule has 1 N–H and O–H groups in total. The summed E-state index contributed by atoms with van der Waals surface area (Å²) < 4.78 is 15.7. The topological polar surface area (TPSA) is 53.6 Å². The van der Waals surface area contributed by atoms with Gasteiger partial charge in [-0.1, -0.05) is 18.2 Å². The van der Waals surface area contributed by atoms with Gasteiger partial charge in [-0.2, -0.15) is 5.26 Å². The van der Waals surface area contributed by atoms with Gasteiger partial charge >= 0.3 is 0 Å². The van der Waals surface area contributed by atoms with Crippen molar-refractivity contribution in [2.75, 3.05) is 11.9 Å². The Kier molecular flexibility index (Phi) is 3.75. The molecule has 22 heavy (non-hydrogen) atoms. The van der Waals surface area contributed by atoms with Crippen LogP contribution in [0, 0.1) is 24.1 Å². The highest BCUT2D eigenvalue weighted by atomic mass is 19.1. The van der Waals surface area contributed by atoms with Gasteiger partial charge in [0.05, 0.1) is 16.7 Å². The van der Waals surface area contributed by atoms with E-state index in [0.717, 1.165) is 16.9 Å². The van der Waals surface area contributed by atoms with Gasteiger partial charge in [0.2, 0.25) is 0 Å². The van der Waals surface area contributed by atoms with E-state index >= 15 is 0 Å². The Morgan fingerprint density at radius 2 is 2.05 bits per heavy atom. The van der Waals surface area contributed by atoms with Crippen molar-refractivity contribution in [3.05, 3.63) is 59.7 Å². The van der Waals surface area contributed by atoms with E-state index in [1.807, 2.05) is 37.3 Å². The second-order valence-corrected chi connectivity index (χ2v) is 5.00. The van der Waals surface area contributed by atoms with Crippen molar-refractivity contribution in [1.82, 2.24) is 9.55 Å². The van der Waals surface area contributed by atoms with Crippen molar-refractivity contribution in [3.63, 3.8) is 0 Å². The average molecular weight is 294 g/mol. The maximum atomic E-state index is 13.5. The highest BCUT2D eigenvalue weighted by Crippen LogP contribution is 2.18. The van der Waals surface area contributed by atoms with Gasteiger partial charge in [-0.05, 0) is 31.2 Å². The molecule has 0 amide bonds. The molecule has 0 unspecified atom stereocenters. The predicted molar refractivity (Wildman–Crippen MR) is 84.1 cm³/mol. The van der Waals surface area contributed by atoms with Crippen LogP contribution in [0.5, 0.6) is 0 Å². The van der Waals surface area contributed by atoms with Gasteiger partial charge in [-0.3, -0.25) is 0 Å². The number of aryl methyl sites for hydroxylation is 1. The van der Waals surface area contributed by atoms with Gasteiger partial charge in [0.25, 0.3) is 0 Å². The minimum absolute atomic E-state index is 0.0507. The Hall–Kier alpha value is -2.87. The van der Waals surface area contributed by atoms with Gasteiger partial charge in [0.15, 0.2) is 0 Å². The Morgan fingerprint density at radius 3 is 2.86 bits per heavy atom. The number of fused-ring (bicyclic) bond motifs is 1. The average Bonchev–Trinajstić information content (AvgIpc) is 2.83. The SMILES string of the molecule is Cc1nc2ccccc2n1CCNc1cccc(F)c1C#N. The Balaban J connectivity index is 1.77. The fourth-order valence-corrected chi connectivity index (χ4v) is 2.57. The summed E-state index contributed by atoms with van der Waals surface area (Å²) in [6.45, 7) is 3.23. The molecule has 0 spiro atoms. The third-order valence-electron chi connectivity index (χ3n) is 3.62. The van der Waals surface area contributed by atoms with E-state index in [4.69, 9.17) is 5.26 Å². The quantitative estimate of drug-likeness (QED) is 0.801. The molecule has 0 fully saturated rings. The lowest BCUT2D eigenvalue weighted by molar-refractivity contribution is 0.624. The number of hydrogen-bond donors (Lipinski definition) is 1. The van der Waals surface area contributed by atoms with E-state index in [1.54, 1.807) is 12.1 Å². The lowest BCUT2D eigenvalue weighted by atomic mass is 10.2. The molecular weight excluding hydrogens is 279 g/mol. The summed E-state index contributed by atoms with van der Waals surface area (Å²) in [5.41, 5.74) is 2.60. The van der Waals surface area contributed by atoms with Crippen LogP contribution in [-0.4, -0.2) is 16.1 Å². The summed E-state index contributed by atoms with van der Waals surface area (Å²) in [5.74, 6) is 0.430. The van der Waals surface area contributed by atoms with Gasteiger partial charge in [-0.15, -0.1) is 0 Å². The van der Waals surface area contributed by atoms with Crippen molar-refractivity contribution in [2.45, 2.75) is 13.5 Å². The van der Waals surface area contributed by atoms with E-state index < -0.39 is 5.82 Å². The maximum absolute atomic E-state index is 13.5. The first-order valence-corrected chi connectivity index (χ1v) is 7.05. The zero-order valence-corrected chi connectivity index (χ0v) is 12.2. The fraction of sp³-hybridized carbons (Fsp3) is 0.176. The number of rotatable bonds is 4. The van der Waals surface area contributed by atoms with Crippen LogP contribution in [0.1, 0.15) is 11.4 Å². The van der Waals surface area contributed by atoms with Gasteiger partial charge in [0, 0.05) is 13.1 Å². The van der Waals surface area contributed by atoms with Crippen molar-refractivity contribution >= 4 is 16.7 Å². The third kappa shape index (κ3) is 2.51. The predicted octanol–water partition coefficient (Wildman–Crippen LogP) is 3.47. The van der Waals surface area contributed by atoms with E-state index in [0.29, 0.717) is 18.8 Å². The molecular formula is C17H15FN4. The molecule has 0 aliphatic heterocycles. The first kappa shape index (κ1) is 14.1. The number of nitriles is 1. The highest BCUT2D eigenvalue weighted by molar-refractivity contribution is 5.75. The molecule has 0 bridgehead atoms. The maximum Gasteiger partial charge on any atom is 0.143 e. The summed E-state index contributed by atoms with van der Waals surface area (Å²) in [5, 5.41) is 12.1. The largest absolute Gasteiger partial charge is 0.382 e. The van der Waals surface area contributed by atoms with Crippen LogP contribution in [0.2, 0.25) is 0 Å². The number of hydrogen-bond acceptors (Lipinski definition) is 3. The Morgan fingerprint density at radius 1 is 1.23 bits per heavy atom. The second kappa shape index (κ2) is 5.86. The van der Waals surface area contributed by atoms with Crippen LogP contribution in [-0.2, 0) is 6.54 Å². The first-order valence-electron chi connectivity index (χ1n) is 7.05. The van der Waals surface area contributed by atoms with Gasteiger partial charge in [0.1, 0.15) is 23.3 Å². The summed E-state index contributed by atoms with van der Waals surface area (Å²) in [4.78, 5) is 4.51. The van der Waals surface area contributed by atoms with Crippen molar-refractivity contribution < 1.29 is 4.39 Å². The molecule has 0 saturated carbocycles. The molecule has 0 aliphatic rings. The molecule has 0 radical (unpaired) electrons. The first-order chi connectivity index (χ1) is 10.7. The minimum Gasteiger partial charge on any atom is -0.382 e. The number of imidazole rings is 1. The van der Waals surface area contributed by atoms with Gasteiger partial charge in [-0.25, -0.2) is 9.37 Å². The van der Waals surface area contributed by atoms with E-state index in [1.165, 1.54) is 6.07 Å². The number of benzene rings is 2. The standard InChI is InChI=1S/C17H15FN4/c1-12-21-16-6-2-3-8-17(16)22(12)10-9-20-15-7-4-5-14(18)13(15)11-19/h2-8,20H,9-10H2,1H3. The van der Waals surface area contributed by atoms with Crippen molar-refractivity contribution in [2.24, 2.45) is 0 Å². The molecule has 0 aliphatic carbocycles. The summed E-state index contributed by atoms with van der Waals surface area (Å²) in [6, 6.07) is 14.4. The number of halogens is 1. The molecule has 2 aromatic carbocycles. The van der Waals surface area contributed by atoms with E-state index in [9.17, 15) is 4.39 Å². The van der Waals surface area contributed by atoms with Crippen LogP contribution in [0.15, 0.2) is 42.5 Å². The highest BCUT2D eigenvalue weighted by Gasteiger charge is 2.09. The van der Waals surface area contributed by atoms with Crippen molar-refractivity contribution in [1.29, 1.82) is 5.26 Å². The van der Waals surface area contributed by atoms with Crippen LogP contribution in [0.3, 0.4) is 0 Å². The normalized spacial score (nSPS) is 10.6. The summed E-state index contributed by atoms with van der Waals surface area (Å²) >= 11 is 0. The summed E-state index contributed by atoms with van der Waals surface area (Å²) in [6.07, 6.45) is 0. The third-order valence-corrected chi connectivity index (χ3v) is 3.62. The molecule has 0 saturated heterocycles. The number of nitrogens with one attached hydrogen (secondary N) is 1. The molecule has 1 aromatic heterocycles. The Bertz CT molecular complexity index is 861. The fourth-order valence-electron chi connectivity index (χ4n) is 2.57. The second-order valence-electron chi connectivity index (χ2n) is 5.00. The van der Waals surface area contributed by atoms with Crippen LogP contribution in [0.4, 0.5) is 10.1 Å². The van der Waals surface area contributed by atoms with Crippen LogP contribution < -0.4 is 5.32 Å². The molecule has 110 valence electrons. The van der Waals surface area contributed by atoms with Crippen molar-refractivity contribution in [3.8, 4) is 6.07 Å². The van der Waals surface area contributed by atoms with E-state index in [-0.39, 0.29) is 5.56 Å². The number of nitrogens with zero attached hydrogens (tertiary/aromatic N) is 3. The monoisotopic (exact) mass is 294 g/mol. The minimum atomic E-state index is -0.503.